The van der Waals surface area contributed by atoms with Gasteiger partial charge in [-0.05, 0) is 93.2 Å². The van der Waals surface area contributed by atoms with Crippen molar-refractivity contribution in [3.63, 3.8) is 0 Å². The van der Waals surface area contributed by atoms with Gasteiger partial charge in [-0.15, -0.1) is 11.3 Å². The summed E-state index contributed by atoms with van der Waals surface area (Å²) in [6.45, 7) is 0. The van der Waals surface area contributed by atoms with Crippen LogP contribution in [-0.4, -0.2) is 0 Å². The van der Waals surface area contributed by atoms with Gasteiger partial charge in [0.2, 0.25) is 0 Å². The Morgan fingerprint density at radius 3 is 1.98 bits per heavy atom. The predicted molar refractivity (Wildman–Crippen MR) is 235 cm³/mol. The van der Waals surface area contributed by atoms with Crippen molar-refractivity contribution in [2.45, 2.75) is 0 Å². The van der Waals surface area contributed by atoms with E-state index in [1.165, 1.54) is 47.6 Å². The Kier molecular flexibility index (Phi) is 7.39. The molecule has 0 spiro atoms. The van der Waals surface area contributed by atoms with Gasteiger partial charge in [-0.3, -0.25) is 0 Å². The van der Waals surface area contributed by atoms with Crippen molar-refractivity contribution in [2.24, 2.45) is 0 Å². The lowest BCUT2D eigenvalue weighted by atomic mass is 9.95. The summed E-state index contributed by atoms with van der Waals surface area (Å²) in [5.41, 5.74) is 12.1. The van der Waals surface area contributed by atoms with E-state index in [1.807, 2.05) is 17.4 Å². The zero-order valence-corrected chi connectivity index (χ0v) is 30.6. The third-order valence-corrected chi connectivity index (χ3v) is 12.0. The van der Waals surface area contributed by atoms with E-state index in [4.69, 9.17) is 4.42 Å². The number of rotatable bonds is 6. The highest BCUT2D eigenvalue weighted by Crippen LogP contribution is 2.46. The molecular formula is C52H33NOS. The molecule has 0 saturated carbocycles. The fourth-order valence-corrected chi connectivity index (χ4v) is 9.37. The van der Waals surface area contributed by atoms with E-state index in [2.05, 4.69) is 199 Å². The van der Waals surface area contributed by atoms with Crippen LogP contribution in [0.3, 0.4) is 0 Å². The van der Waals surface area contributed by atoms with Gasteiger partial charge in [0.05, 0.1) is 5.69 Å². The van der Waals surface area contributed by atoms with Crippen LogP contribution in [0.2, 0.25) is 0 Å². The van der Waals surface area contributed by atoms with Crippen molar-refractivity contribution in [2.75, 3.05) is 4.90 Å². The first-order chi connectivity index (χ1) is 27.2. The standard InChI is InChI=1S/C52H33NOS/c1-2-13-35(14-3-1)42-28-26-38(37-25-24-34-12-4-5-15-36(34)30-37)32-47(42)53(41-27-29-45-44-18-7-9-23-50(44)55-51(45)33-41)40-17-10-16-39(31-40)43-20-11-22-49-52(43)46-19-6-8-21-48(46)54-49/h1-33H. The van der Waals surface area contributed by atoms with Crippen molar-refractivity contribution >= 4 is 81.3 Å². The number of nitrogens with zero attached hydrogens (tertiary/aromatic N) is 1. The van der Waals surface area contributed by atoms with Crippen molar-refractivity contribution < 1.29 is 4.42 Å². The minimum absolute atomic E-state index is 0.894. The lowest BCUT2D eigenvalue weighted by Gasteiger charge is -2.29. The van der Waals surface area contributed by atoms with Crippen LogP contribution in [0.25, 0.3) is 86.3 Å². The highest BCUT2D eigenvalue weighted by Gasteiger charge is 2.21. The van der Waals surface area contributed by atoms with Crippen LogP contribution < -0.4 is 4.90 Å². The quantitative estimate of drug-likeness (QED) is 0.170. The Labute approximate surface area is 322 Å². The fraction of sp³-hybridized carbons (Fsp3) is 0. The molecule has 11 rings (SSSR count). The van der Waals surface area contributed by atoms with E-state index in [0.29, 0.717) is 0 Å². The van der Waals surface area contributed by atoms with Crippen LogP contribution in [0, 0.1) is 0 Å². The smallest absolute Gasteiger partial charge is 0.136 e. The molecule has 0 bridgehead atoms. The molecular weight excluding hydrogens is 687 g/mol. The lowest BCUT2D eigenvalue weighted by molar-refractivity contribution is 0.669. The van der Waals surface area contributed by atoms with E-state index >= 15 is 0 Å². The molecule has 0 aliphatic rings. The molecule has 0 atom stereocenters. The lowest BCUT2D eigenvalue weighted by Crippen LogP contribution is -2.11. The second-order valence-corrected chi connectivity index (χ2v) is 15.2. The van der Waals surface area contributed by atoms with Crippen LogP contribution in [0.1, 0.15) is 0 Å². The molecule has 2 aromatic heterocycles. The van der Waals surface area contributed by atoms with Crippen LogP contribution in [-0.2, 0) is 0 Å². The van der Waals surface area contributed by atoms with Gasteiger partial charge < -0.3 is 9.32 Å². The first-order valence-electron chi connectivity index (χ1n) is 18.7. The molecule has 55 heavy (non-hydrogen) atoms. The topological polar surface area (TPSA) is 16.4 Å². The van der Waals surface area contributed by atoms with Gasteiger partial charge in [0.25, 0.3) is 0 Å². The van der Waals surface area contributed by atoms with Gasteiger partial charge in [0, 0.05) is 47.9 Å². The molecule has 0 N–H and O–H groups in total. The summed E-state index contributed by atoms with van der Waals surface area (Å²) in [7, 11) is 0. The maximum atomic E-state index is 6.33. The number of hydrogen-bond donors (Lipinski definition) is 0. The predicted octanol–water partition coefficient (Wildman–Crippen LogP) is 15.6. The molecule has 0 aliphatic carbocycles. The highest BCUT2D eigenvalue weighted by atomic mass is 32.1. The third kappa shape index (κ3) is 5.40. The van der Waals surface area contributed by atoms with Gasteiger partial charge in [0.15, 0.2) is 0 Å². The molecule has 2 heterocycles. The Balaban J connectivity index is 1.17. The zero-order chi connectivity index (χ0) is 36.3. The summed E-state index contributed by atoms with van der Waals surface area (Å²) < 4.78 is 8.90. The molecule has 258 valence electrons. The third-order valence-electron chi connectivity index (χ3n) is 10.8. The SMILES string of the molecule is c1ccc(-c2ccc(-c3ccc4ccccc4c3)cc2N(c2cccc(-c3cccc4oc5ccccc5c34)c2)c2ccc3c(c2)sc2ccccc23)cc1. The van der Waals surface area contributed by atoms with Crippen LogP contribution in [0.5, 0.6) is 0 Å². The van der Waals surface area contributed by atoms with Crippen molar-refractivity contribution in [3.8, 4) is 33.4 Å². The van der Waals surface area contributed by atoms with E-state index < -0.39 is 0 Å². The molecule has 0 fully saturated rings. The van der Waals surface area contributed by atoms with E-state index in [1.54, 1.807) is 0 Å². The highest BCUT2D eigenvalue weighted by molar-refractivity contribution is 7.25. The maximum Gasteiger partial charge on any atom is 0.136 e. The molecule has 0 aliphatic heterocycles. The number of fused-ring (bicyclic) bond motifs is 7. The van der Waals surface area contributed by atoms with Gasteiger partial charge in [-0.25, -0.2) is 0 Å². The summed E-state index contributed by atoms with van der Waals surface area (Å²) in [5, 5.41) is 7.31. The van der Waals surface area contributed by atoms with Gasteiger partial charge in [-0.1, -0.05) is 146 Å². The second kappa shape index (κ2) is 12.9. The van der Waals surface area contributed by atoms with E-state index in [9.17, 15) is 0 Å². The molecule has 9 aromatic carbocycles. The summed E-state index contributed by atoms with van der Waals surface area (Å²) in [6.07, 6.45) is 0. The van der Waals surface area contributed by atoms with Gasteiger partial charge >= 0.3 is 0 Å². The summed E-state index contributed by atoms with van der Waals surface area (Å²) >= 11 is 1.85. The Bertz CT molecular complexity index is 3230. The maximum absolute atomic E-state index is 6.33. The van der Waals surface area contributed by atoms with Crippen molar-refractivity contribution in [3.05, 3.63) is 200 Å². The molecule has 11 aromatic rings. The largest absolute Gasteiger partial charge is 0.456 e. The zero-order valence-electron chi connectivity index (χ0n) is 29.8. The van der Waals surface area contributed by atoms with E-state index in [0.717, 1.165) is 55.7 Å². The second-order valence-electron chi connectivity index (χ2n) is 14.1. The van der Waals surface area contributed by atoms with Crippen molar-refractivity contribution in [1.82, 2.24) is 0 Å². The Hall–Kier alpha value is -6.94. The average Bonchev–Trinajstić information content (AvgIpc) is 3.82. The minimum Gasteiger partial charge on any atom is -0.456 e. The van der Waals surface area contributed by atoms with Crippen LogP contribution >= 0.6 is 11.3 Å². The number of hydrogen-bond acceptors (Lipinski definition) is 3. The van der Waals surface area contributed by atoms with Gasteiger partial charge in [-0.2, -0.15) is 0 Å². The molecule has 0 amide bonds. The minimum atomic E-state index is 0.894. The molecule has 0 unspecified atom stereocenters. The Morgan fingerprint density at radius 2 is 1.05 bits per heavy atom. The fourth-order valence-electron chi connectivity index (χ4n) is 8.24. The van der Waals surface area contributed by atoms with E-state index in [-0.39, 0.29) is 0 Å². The molecule has 0 radical (unpaired) electrons. The Morgan fingerprint density at radius 1 is 0.364 bits per heavy atom. The summed E-state index contributed by atoms with van der Waals surface area (Å²) in [6, 6.07) is 72.4. The number of furan rings is 1. The van der Waals surface area contributed by atoms with Gasteiger partial charge in [0.1, 0.15) is 11.2 Å². The summed E-state index contributed by atoms with van der Waals surface area (Å²) in [5.74, 6) is 0. The summed E-state index contributed by atoms with van der Waals surface area (Å²) in [4.78, 5) is 2.45. The van der Waals surface area contributed by atoms with Crippen LogP contribution in [0.4, 0.5) is 17.1 Å². The first kappa shape index (κ1) is 31.6. The van der Waals surface area contributed by atoms with Crippen molar-refractivity contribution in [1.29, 1.82) is 0 Å². The number of benzene rings is 9. The monoisotopic (exact) mass is 719 g/mol. The molecule has 0 saturated heterocycles. The number of anilines is 3. The number of thiophene rings is 1. The first-order valence-corrected chi connectivity index (χ1v) is 19.5. The number of para-hydroxylation sites is 1. The van der Waals surface area contributed by atoms with Crippen LogP contribution in [0.15, 0.2) is 205 Å². The molecule has 3 heteroatoms. The normalized spacial score (nSPS) is 11.6. The molecule has 2 nitrogen and oxygen atoms in total. The average molecular weight is 720 g/mol.